The molecule has 0 bridgehead atoms. The van der Waals surface area contributed by atoms with Gasteiger partial charge in [-0.15, -0.1) is 0 Å². The Kier molecular flexibility index (Phi) is 5.45. The standard InChI is InChI=1S/C21H18F2N2O4/c1-25-18(26)17(29-2)16(19(27)28)24-20(25)21(22,23)15(13-9-5-3-6-10-13)14-11-7-4-8-12-14/h3-12,15H,1-2H3,(H,27,28). The van der Waals surface area contributed by atoms with Crippen LogP contribution in [0.2, 0.25) is 0 Å². The zero-order valence-electron chi connectivity index (χ0n) is 15.7. The van der Waals surface area contributed by atoms with E-state index < -0.39 is 40.6 Å². The van der Waals surface area contributed by atoms with Crippen LogP contribution in [0.3, 0.4) is 0 Å². The molecule has 2 aromatic carbocycles. The number of aromatic nitrogens is 2. The first-order valence-electron chi connectivity index (χ1n) is 8.65. The van der Waals surface area contributed by atoms with Crippen LogP contribution in [0.25, 0.3) is 0 Å². The van der Waals surface area contributed by atoms with Crippen molar-refractivity contribution in [3.63, 3.8) is 0 Å². The van der Waals surface area contributed by atoms with Crippen molar-refractivity contribution in [1.82, 2.24) is 9.55 Å². The van der Waals surface area contributed by atoms with Gasteiger partial charge in [0.2, 0.25) is 5.75 Å². The highest BCUT2D eigenvalue weighted by atomic mass is 19.3. The lowest BCUT2D eigenvalue weighted by molar-refractivity contribution is -0.0349. The molecule has 1 heterocycles. The normalized spacial score (nSPS) is 11.5. The summed E-state index contributed by atoms with van der Waals surface area (Å²) >= 11 is 0. The van der Waals surface area contributed by atoms with Crippen molar-refractivity contribution < 1.29 is 23.4 Å². The molecule has 0 aliphatic carbocycles. The molecule has 0 saturated carbocycles. The molecular weight excluding hydrogens is 382 g/mol. The van der Waals surface area contributed by atoms with E-state index in [0.29, 0.717) is 15.7 Å². The van der Waals surface area contributed by atoms with Gasteiger partial charge in [0, 0.05) is 7.05 Å². The monoisotopic (exact) mass is 400 g/mol. The summed E-state index contributed by atoms with van der Waals surface area (Å²) < 4.78 is 37.1. The number of benzene rings is 2. The van der Waals surface area contributed by atoms with Gasteiger partial charge in [-0.2, -0.15) is 8.78 Å². The number of carboxylic acid groups (broad SMARTS) is 1. The number of nitrogens with zero attached hydrogens (tertiary/aromatic N) is 2. The van der Waals surface area contributed by atoms with Gasteiger partial charge >= 0.3 is 11.9 Å². The summed E-state index contributed by atoms with van der Waals surface area (Å²) in [4.78, 5) is 27.6. The third kappa shape index (κ3) is 3.61. The van der Waals surface area contributed by atoms with E-state index in [1.807, 2.05) is 0 Å². The second-order valence-corrected chi connectivity index (χ2v) is 6.36. The van der Waals surface area contributed by atoms with Crippen LogP contribution in [0.15, 0.2) is 65.5 Å². The molecule has 29 heavy (non-hydrogen) atoms. The second kappa shape index (κ2) is 7.83. The van der Waals surface area contributed by atoms with Crippen molar-refractivity contribution in [2.45, 2.75) is 11.8 Å². The minimum absolute atomic E-state index is 0.297. The fourth-order valence-electron chi connectivity index (χ4n) is 3.24. The molecule has 0 saturated heterocycles. The van der Waals surface area contributed by atoms with Crippen molar-refractivity contribution >= 4 is 5.97 Å². The average molecular weight is 400 g/mol. The third-order valence-corrected chi connectivity index (χ3v) is 4.58. The van der Waals surface area contributed by atoms with Gasteiger partial charge in [-0.1, -0.05) is 60.7 Å². The van der Waals surface area contributed by atoms with Gasteiger partial charge in [0.1, 0.15) is 0 Å². The first-order chi connectivity index (χ1) is 13.8. The summed E-state index contributed by atoms with van der Waals surface area (Å²) in [7, 11) is 2.19. The van der Waals surface area contributed by atoms with Crippen LogP contribution in [0, 0.1) is 0 Å². The number of hydrogen-bond donors (Lipinski definition) is 1. The fourth-order valence-corrected chi connectivity index (χ4v) is 3.24. The predicted molar refractivity (Wildman–Crippen MR) is 102 cm³/mol. The summed E-state index contributed by atoms with van der Waals surface area (Å²) in [5, 5.41) is 9.34. The summed E-state index contributed by atoms with van der Waals surface area (Å²) in [5.41, 5.74) is -1.27. The molecule has 3 rings (SSSR count). The Labute approximate surface area is 165 Å². The van der Waals surface area contributed by atoms with E-state index in [1.54, 1.807) is 60.7 Å². The molecule has 0 unspecified atom stereocenters. The molecule has 0 atom stereocenters. The van der Waals surface area contributed by atoms with Crippen LogP contribution in [-0.2, 0) is 13.0 Å². The van der Waals surface area contributed by atoms with E-state index in [4.69, 9.17) is 4.74 Å². The quantitative estimate of drug-likeness (QED) is 0.686. The predicted octanol–water partition coefficient (Wildman–Crippen LogP) is 3.41. The van der Waals surface area contributed by atoms with Crippen LogP contribution in [0.4, 0.5) is 8.78 Å². The van der Waals surface area contributed by atoms with E-state index in [1.165, 1.54) is 0 Å². The molecule has 0 amide bonds. The van der Waals surface area contributed by atoms with Crippen LogP contribution < -0.4 is 10.3 Å². The van der Waals surface area contributed by atoms with Crippen LogP contribution in [0.1, 0.15) is 33.4 Å². The Hall–Kier alpha value is -3.55. The first kappa shape index (κ1) is 20.2. The van der Waals surface area contributed by atoms with Crippen molar-refractivity contribution in [1.29, 1.82) is 0 Å². The van der Waals surface area contributed by atoms with E-state index >= 15 is 8.78 Å². The molecular formula is C21H18F2N2O4. The lowest BCUT2D eigenvalue weighted by atomic mass is 9.85. The summed E-state index contributed by atoms with van der Waals surface area (Å²) in [6, 6.07) is 16.1. The summed E-state index contributed by atoms with van der Waals surface area (Å²) in [5.74, 6) is -8.38. The highest BCUT2D eigenvalue weighted by Gasteiger charge is 2.47. The Morgan fingerprint density at radius 1 is 1.07 bits per heavy atom. The minimum Gasteiger partial charge on any atom is -0.489 e. The zero-order valence-corrected chi connectivity index (χ0v) is 15.7. The van der Waals surface area contributed by atoms with Crippen LogP contribution in [0.5, 0.6) is 5.75 Å². The average Bonchev–Trinajstić information content (AvgIpc) is 2.71. The number of carbonyl (C=O) groups is 1. The van der Waals surface area contributed by atoms with Gasteiger partial charge in [0.25, 0.3) is 5.56 Å². The molecule has 1 aromatic heterocycles. The largest absolute Gasteiger partial charge is 0.489 e. The molecule has 0 aliphatic rings. The van der Waals surface area contributed by atoms with Crippen molar-refractivity contribution in [3.05, 3.63) is 93.7 Å². The number of methoxy groups -OCH3 is 1. The van der Waals surface area contributed by atoms with Gasteiger partial charge in [0.05, 0.1) is 13.0 Å². The van der Waals surface area contributed by atoms with Gasteiger partial charge in [-0.3, -0.25) is 9.36 Å². The number of hydrogen-bond acceptors (Lipinski definition) is 4. The van der Waals surface area contributed by atoms with Crippen molar-refractivity contribution in [2.24, 2.45) is 7.05 Å². The molecule has 6 nitrogen and oxygen atoms in total. The Bertz CT molecular complexity index is 1040. The lowest BCUT2D eigenvalue weighted by Crippen LogP contribution is -2.36. The number of aromatic carboxylic acids is 1. The maximum atomic E-state index is 15.9. The van der Waals surface area contributed by atoms with Gasteiger partial charge < -0.3 is 9.84 Å². The van der Waals surface area contributed by atoms with E-state index in [2.05, 4.69) is 4.98 Å². The molecule has 8 heteroatoms. The molecule has 0 fully saturated rings. The van der Waals surface area contributed by atoms with Crippen molar-refractivity contribution in [2.75, 3.05) is 7.11 Å². The Morgan fingerprint density at radius 2 is 1.55 bits per heavy atom. The summed E-state index contributed by atoms with van der Waals surface area (Å²) in [6.45, 7) is 0. The van der Waals surface area contributed by atoms with Crippen molar-refractivity contribution in [3.8, 4) is 5.75 Å². The van der Waals surface area contributed by atoms with Gasteiger partial charge in [-0.05, 0) is 11.1 Å². The highest BCUT2D eigenvalue weighted by Crippen LogP contribution is 2.45. The molecule has 150 valence electrons. The highest BCUT2D eigenvalue weighted by molar-refractivity contribution is 5.88. The summed E-state index contributed by atoms with van der Waals surface area (Å²) in [6.07, 6.45) is 0. The maximum absolute atomic E-state index is 15.9. The second-order valence-electron chi connectivity index (χ2n) is 6.36. The molecule has 0 spiro atoms. The number of ether oxygens (including phenoxy) is 1. The molecule has 0 aliphatic heterocycles. The molecule has 0 radical (unpaired) electrons. The van der Waals surface area contributed by atoms with E-state index in [-0.39, 0.29) is 0 Å². The van der Waals surface area contributed by atoms with E-state index in [9.17, 15) is 14.7 Å². The van der Waals surface area contributed by atoms with Gasteiger partial charge in [0.15, 0.2) is 11.5 Å². The number of halogens is 2. The van der Waals surface area contributed by atoms with Crippen LogP contribution >= 0.6 is 0 Å². The number of rotatable bonds is 6. The zero-order chi connectivity index (χ0) is 21.2. The Balaban J connectivity index is 2.30. The fraction of sp³-hybridized carbons (Fsp3) is 0.190. The smallest absolute Gasteiger partial charge is 0.358 e. The molecule has 1 N–H and O–H groups in total. The first-order valence-corrected chi connectivity index (χ1v) is 8.65. The van der Waals surface area contributed by atoms with E-state index in [0.717, 1.165) is 14.2 Å². The lowest BCUT2D eigenvalue weighted by Gasteiger charge is -2.28. The topological polar surface area (TPSA) is 81.4 Å². The number of carboxylic acids is 1. The number of alkyl halides is 2. The Morgan fingerprint density at radius 3 is 1.97 bits per heavy atom. The minimum atomic E-state index is -3.70. The van der Waals surface area contributed by atoms with Gasteiger partial charge in [-0.25, -0.2) is 9.78 Å². The molecule has 3 aromatic rings. The maximum Gasteiger partial charge on any atom is 0.358 e. The van der Waals surface area contributed by atoms with Crippen LogP contribution in [-0.4, -0.2) is 27.7 Å². The SMILES string of the molecule is COc1c(C(=O)O)nc(C(F)(F)C(c2ccccc2)c2ccccc2)n(C)c1=O. The third-order valence-electron chi connectivity index (χ3n) is 4.58.